The van der Waals surface area contributed by atoms with Crippen molar-refractivity contribution in [2.45, 2.75) is 52.0 Å². The van der Waals surface area contributed by atoms with Gasteiger partial charge in [-0.3, -0.25) is 9.80 Å². The van der Waals surface area contributed by atoms with E-state index in [9.17, 15) is 0 Å². The third-order valence-electron chi connectivity index (χ3n) is 5.14. The molecule has 0 N–H and O–H groups in total. The van der Waals surface area contributed by atoms with Gasteiger partial charge in [-0.1, -0.05) is 25.5 Å². The first-order valence-corrected chi connectivity index (χ1v) is 8.97. The van der Waals surface area contributed by atoms with Crippen molar-refractivity contribution in [3.05, 3.63) is 29.3 Å². The Bertz CT molecular complexity index is 482. The Kier molecular flexibility index (Phi) is 5.37. The maximum atomic E-state index is 5.61. The second-order valence-electron chi connectivity index (χ2n) is 6.82. The summed E-state index contributed by atoms with van der Waals surface area (Å²) in [6, 6.07) is 7.35. The number of fused-ring (bicyclic) bond motifs is 1. The van der Waals surface area contributed by atoms with E-state index in [1.54, 1.807) is 0 Å². The molecule has 1 fully saturated rings. The molecule has 0 radical (unpaired) electrons. The van der Waals surface area contributed by atoms with E-state index < -0.39 is 0 Å². The predicted octanol–water partition coefficient (Wildman–Crippen LogP) is 3.32. The van der Waals surface area contributed by atoms with Crippen molar-refractivity contribution in [1.29, 1.82) is 0 Å². The molecule has 1 saturated heterocycles. The molecule has 0 amide bonds. The first-order chi connectivity index (χ1) is 10.8. The molecule has 0 spiro atoms. The standard InChI is InChI=1S/C19H30N2O/c1-3-21(15-20-10-5-4-6-11-20)16(2)13-17-7-8-19-18(14-17)9-12-22-19/h7-8,14,16H,3-6,9-13,15H2,1-2H3. The molecule has 1 atom stereocenters. The molecule has 2 aliphatic heterocycles. The van der Waals surface area contributed by atoms with Gasteiger partial charge in [-0.25, -0.2) is 0 Å². The van der Waals surface area contributed by atoms with Crippen LogP contribution in [0.25, 0.3) is 0 Å². The van der Waals surface area contributed by atoms with Crippen molar-refractivity contribution in [3.8, 4) is 5.75 Å². The smallest absolute Gasteiger partial charge is 0.122 e. The largest absolute Gasteiger partial charge is 0.493 e. The fourth-order valence-electron chi connectivity index (χ4n) is 3.75. The summed E-state index contributed by atoms with van der Waals surface area (Å²) in [6.45, 7) is 10.3. The van der Waals surface area contributed by atoms with Crippen molar-refractivity contribution in [1.82, 2.24) is 9.80 Å². The van der Waals surface area contributed by atoms with Crippen molar-refractivity contribution in [2.24, 2.45) is 0 Å². The molecule has 2 aliphatic rings. The Morgan fingerprint density at radius 2 is 2.05 bits per heavy atom. The van der Waals surface area contributed by atoms with Gasteiger partial charge in [0.05, 0.1) is 13.3 Å². The molecule has 2 heterocycles. The molecule has 0 bridgehead atoms. The van der Waals surface area contributed by atoms with Crippen LogP contribution in [0, 0.1) is 0 Å². The molecule has 22 heavy (non-hydrogen) atoms. The van der Waals surface area contributed by atoms with Crippen LogP contribution in [-0.4, -0.2) is 48.8 Å². The fourth-order valence-corrected chi connectivity index (χ4v) is 3.75. The summed E-state index contributed by atoms with van der Waals surface area (Å²) >= 11 is 0. The number of benzene rings is 1. The van der Waals surface area contributed by atoms with E-state index in [4.69, 9.17) is 4.74 Å². The van der Waals surface area contributed by atoms with Crippen LogP contribution in [0.2, 0.25) is 0 Å². The van der Waals surface area contributed by atoms with Crippen LogP contribution in [0.1, 0.15) is 44.2 Å². The normalized spacial score (nSPS) is 20.0. The van der Waals surface area contributed by atoms with Crippen LogP contribution >= 0.6 is 0 Å². The van der Waals surface area contributed by atoms with Gasteiger partial charge < -0.3 is 4.74 Å². The Labute approximate surface area is 135 Å². The zero-order chi connectivity index (χ0) is 15.4. The van der Waals surface area contributed by atoms with Crippen molar-refractivity contribution in [2.75, 3.05) is 32.9 Å². The van der Waals surface area contributed by atoms with Crippen molar-refractivity contribution in [3.63, 3.8) is 0 Å². The number of rotatable bonds is 6. The molecule has 122 valence electrons. The Balaban J connectivity index is 1.57. The van der Waals surface area contributed by atoms with Gasteiger partial charge >= 0.3 is 0 Å². The number of ether oxygens (including phenoxy) is 1. The van der Waals surface area contributed by atoms with E-state index in [0.29, 0.717) is 6.04 Å². The van der Waals surface area contributed by atoms with Crippen molar-refractivity contribution >= 4 is 0 Å². The lowest BCUT2D eigenvalue weighted by Crippen LogP contribution is -2.45. The number of hydrogen-bond acceptors (Lipinski definition) is 3. The van der Waals surface area contributed by atoms with Gasteiger partial charge in [0.15, 0.2) is 0 Å². The highest BCUT2D eigenvalue weighted by molar-refractivity contribution is 5.40. The first-order valence-electron chi connectivity index (χ1n) is 8.97. The Hall–Kier alpha value is -1.06. The van der Waals surface area contributed by atoms with Gasteiger partial charge in [0.1, 0.15) is 5.75 Å². The lowest BCUT2D eigenvalue weighted by molar-refractivity contribution is 0.0892. The molecule has 0 saturated carbocycles. The fraction of sp³-hybridized carbons (Fsp3) is 0.684. The SMILES string of the molecule is CCN(CN1CCCCC1)C(C)Cc1ccc2c(c1)CCO2. The highest BCUT2D eigenvalue weighted by Gasteiger charge is 2.19. The molecular weight excluding hydrogens is 272 g/mol. The highest BCUT2D eigenvalue weighted by atomic mass is 16.5. The van der Waals surface area contributed by atoms with Gasteiger partial charge in [-0.05, 0) is 63.0 Å². The van der Waals surface area contributed by atoms with E-state index in [1.165, 1.54) is 43.5 Å². The molecule has 3 rings (SSSR count). The molecule has 3 heteroatoms. The number of likely N-dealkylation sites (N-methyl/N-ethyl adjacent to an activating group) is 1. The maximum Gasteiger partial charge on any atom is 0.122 e. The summed E-state index contributed by atoms with van der Waals surface area (Å²) in [5.74, 6) is 1.09. The van der Waals surface area contributed by atoms with Gasteiger partial charge in [0.25, 0.3) is 0 Å². The summed E-state index contributed by atoms with van der Waals surface area (Å²) in [7, 11) is 0. The van der Waals surface area contributed by atoms with E-state index >= 15 is 0 Å². The summed E-state index contributed by atoms with van der Waals surface area (Å²) in [6.07, 6.45) is 6.36. The molecule has 0 aromatic heterocycles. The monoisotopic (exact) mass is 302 g/mol. The molecule has 3 nitrogen and oxygen atoms in total. The molecule has 1 aromatic carbocycles. The third kappa shape index (κ3) is 3.82. The van der Waals surface area contributed by atoms with Crippen LogP contribution in [-0.2, 0) is 12.8 Å². The van der Waals surface area contributed by atoms with E-state index in [-0.39, 0.29) is 0 Å². The molecular formula is C19H30N2O. The highest BCUT2D eigenvalue weighted by Crippen LogP contribution is 2.26. The second kappa shape index (κ2) is 7.47. The minimum absolute atomic E-state index is 0.590. The average Bonchev–Trinajstić information content (AvgIpc) is 3.01. The van der Waals surface area contributed by atoms with Crippen LogP contribution in [0.4, 0.5) is 0 Å². The first kappa shape index (κ1) is 15.8. The van der Waals surface area contributed by atoms with Crippen LogP contribution in [0.15, 0.2) is 18.2 Å². The predicted molar refractivity (Wildman–Crippen MR) is 91.5 cm³/mol. The zero-order valence-electron chi connectivity index (χ0n) is 14.2. The Morgan fingerprint density at radius 3 is 2.82 bits per heavy atom. The maximum absolute atomic E-state index is 5.61. The van der Waals surface area contributed by atoms with Crippen LogP contribution < -0.4 is 4.74 Å². The van der Waals surface area contributed by atoms with Gasteiger partial charge in [0, 0.05) is 12.5 Å². The minimum Gasteiger partial charge on any atom is -0.493 e. The summed E-state index contributed by atoms with van der Waals surface area (Å²) in [4.78, 5) is 5.25. The van der Waals surface area contributed by atoms with Crippen LogP contribution in [0.5, 0.6) is 5.75 Å². The third-order valence-corrected chi connectivity index (χ3v) is 5.14. The van der Waals surface area contributed by atoms with Crippen LogP contribution in [0.3, 0.4) is 0 Å². The van der Waals surface area contributed by atoms with E-state index in [2.05, 4.69) is 41.8 Å². The lowest BCUT2D eigenvalue weighted by Gasteiger charge is -2.35. The molecule has 0 aliphatic carbocycles. The number of hydrogen-bond donors (Lipinski definition) is 0. The minimum atomic E-state index is 0.590. The quantitative estimate of drug-likeness (QED) is 0.802. The summed E-state index contributed by atoms with van der Waals surface area (Å²) in [5.41, 5.74) is 2.85. The number of likely N-dealkylation sites (tertiary alicyclic amines) is 1. The van der Waals surface area contributed by atoms with Gasteiger partial charge in [0.2, 0.25) is 0 Å². The average molecular weight is 302 g/mol. The topological polar surface area (TPSA) is 15.7 Å². The van der Waals surface area contributed by atoms with E-state index in [1.807, 2.05) is 0 Å². The Morgan fingerprint density at radius 1 is 1.23 bits per heavy atom. The summed E-state index contributed by atoms with van der Waals surface area (Å²) < 4.78 is 5.61. The number of piperidine rings is 1. The lowest BCUT2D eigenvalue weighted by atomic mass is 10.0. The summed E-state index contributed by atoms with van der Waals surface area (Å²) in [5, 5.41) is 0. The van der Waals surface area contributed by atoms with Gasteiger partial charge in [-0.15, -0.1) is 0 Å². The van der Waals surface area contributed by atoms with E-state index in [0.717, 1.165) is 38.4 Å². The second-order valence-corrected chi connectivity index (χ2v) is 6.82. The van der Waals surface area contributed by atoms with Gasteiger partial charge in [-0.2, -0.15) is 0 Å². The van der Waals surface area contributed by atoms with Crippen molar-refractivity contribution < 1.29 is 4.74 Å². The molecule has 1 unspecified atom stereocenters. The molecule has 1 aromatic rings. The zero-order valence-corrected chi connectivity index (χ0v) is 14.2. The number of nitrogens with zero attached hydrogens (tertiary/aromatic N) is 2.